The number of aromatic nitrogens is 2. The van der Waals surface area contributed by atoms with Crippen molar-refractivity contribution in [1.82, 2.24) is 15.3 Å². The number of benzene rings is 1. The summed E-state index contributed by atoms with van der Waals surface area (Å²) in [6.45, 7) is 0.630. The van der Waals surface area contributed by atoms with E-state index in [1.807, 2.05) is 13.1 Å². The molecule has 0 atom stereocenters. The highest BCUT2D eigenvalue weighted by Crippen LogP contribution is 2.29. The first-order chi connectivity index (χ1) is 8.29. The Morgan fingerprint density at radius 1 is 1.35 bits per heavy atom. The minimum atomic E-state index is -0.220. The van der Waals surface area contributed by atoms with Crippen molar-refractivity contribution in [2.24, 2.45) is 0 Å². The summed E-state index contributed by atoms with van der Waals surface area (Å²) in [5, 5.41) is 3.88. The van der Waals surface area contributed by atoms with Gasteiger partial charge in [-0.05, 0) is 36.9 Å². The monoisotopic (exact) mass is 249 g/mol. The summed E-state index contributed by atoms with van der Waals surface area (Å²) in [4.78, 5) is 9.00. The van der Waals surface area contributed by atoms with E-state index < -0.39 is 0 Å². The molecule has 3 nitrogen and oxygen atoms in total. The number of halogens is 1. The first kappa shape index (κ1) is 12.0. The third kappa shape index (κ3) is 3.25. The molecule has 0 aliphatic carbocycles. The van der Waals surface area contributed by atoms with Gasteiger partial charge < -0.3 is 5.32 Å². The zero-order valence-electron chi connectivity index (χ0n) is 9.35. The highest BCUT2D eigenvalue weighted by Gasteiger charge is 2.06. The van der Waals surface area contributed by atoms with Crippen LogP contribution in [0.3, 0.4) is 0 Å². The van der Waals surface area contributed by atoms with Gasteiger partial charge in [-0.25, -0.2) is 14.4 Å². The molecule has 1 aromatic heterocycles. The highest BCUT2D eigenvalue weighted by atomic mass is 32.2. The Labute approximate surface area is 103 Å². The molecule has 0 radical (unpaired) electrons. The van der Waals surface area contributed by atoms with E-state index in [1.54, 1.807) is 18.3 Å². The maximum Gasteiger partial charge on any atom is 0.123 e. The second-order valence-electron chi connectivity index (χ2n) is 3.43. The molecule has 2 rings (SSSR count). The number of hydrogen-bond donors (Lipinski definition) is 1. The van der Waals surface area contributed by atoms with E-state index in [4.69, 9.17) is 0 Å². The van der Waals surface area contributed by atoms with E-state index >= 15 is 0 Å². The first-order valence-electron chi connectivity index (χ1n) is 5.16. The Morgan fingerprint density at radius 3 is 2.94 bits per heavy atom. The Kier molecular flexibility index (Phi) is 4.06. The summed E-state index contributed by atoms with van der Waals surface area (Å²) in [5.41, 5.74) is 0.927. The van der Waals surface area contributed by atoms with Crippen LogP contribution >= 0.6 is 11.8 Å². The van der Waals surface area contributed by atoms with E-state index in [-0.39, 0.29) is 5.82 Å². The quantitative estimate of drug-likeness (QED) is 0.845. The smallest absolute Gasteiger partial charge is 0.123 e. The Bertz CT molecular complexity index is 490. The molecule has 0 aliphatic rings. The summed E-state index contributed by atoms with van der Waals surface area (Å²) in [5.74, 6) is -0.220. The lowest BCUT2D eigenvalue weighted by Crippen LogP contribution is -2.06. The van der Waals surface area contributed by atoms with Crippen molar-refractivity contribution in [3.63, 3.8) is 0 Å². The van der Waals surface area contributed by atoms with E-state index in [9.17, 15) is 4.39 Å². The van der Waals surface area contributed by atoms with Gasteiger partial charge in [0.2, 0.25) is 0 Å². The molecular formula is C12H12FN3S. The van der Waals surface area contributed by atoms with Gasteiger partial charge in [0, 0.05) is 17.6 Å². The van der Waals surface area contributed by atoms with E-state index in [1.165, 1.54) is 24.2 Å². The fourth-order valence-electron chi connectivity index (χ4n) is 1.43. The van der Waals surface area contributed by atoms with Crippen molar-refractivity contribution in [3.8, 4) is 0 Å². The molecule has 0 fully saturated rings. The summed E-state index contributed by atoms with van der Waals surface area (Å²) in [7, 11) is 1.84. The van der Waals surface area contributed by atoms with Crippen LogP contribution in [-0.4, -0.2) is 17.0 Å². The van der Waals surface area contributed by atoms with Crippen molar-refractivity contribution in [1.29, 1.82) is 0 Å². The lowest BCUT2D eigenvalue weighted by Gasteiger charge is -2.08. The molecule has 0 aliphatic heterocycles. The van der Waals surface area contributed by atoms with E-state index in [0.717, 1.165) is 15.5 Å². The lowest BCUT2D eigenvalue weighted by molar-refractivity contribution is 0.621. The van der Waals surface area contributed by atoms with Gasteiger partial charge in [-0.15, -0.1) is 0 Å². The topological polar surface area (TPSA) is 37.8 Å². The average Bonchev–Trinajstić information content (AvgIpc) is 2.34. The highest BCUT2D eigenvalue weighted by molar-refractivity contribution is 7.99. The Hall–Kier alpha value is -1.46. The van der Waals surface area contributed by atoms with Gasteiger partial charge in [-0.3, -0.25) is 0 Å². The molecular weight excluding hydrogens is 237 g/mol. The number of nitrogens with one attached hydrogen (secondary N) is 1. The van der Waals surface area contributed by atoms with Crippen LogP contribution in [0.2, 0.25) is 0 Å². The molecule has 0 unspecified atom stereocenters. The van der Waals surface area contributed by atoms with E-state index in [2.05, 4.69) is 15.3 Å². The van der Waals surface area contributed by atoms with E-state index in [0.29, 0.717) is 6.54 Å². The molecule has 1 heterocycles. The van der Waals surface area contributed by atoms with Gasteiger partial charge in [0.1, 0.15) is 17.2 Å². The fourth-order valence-corrected chi connectivity index (χ4v) is 2.28. The van der Waals surface area contributed by atoms with Crippen LogP contribution in [0.4, 0.5) is 4.39 Å². The predicted octanol–water partition coefficient (Wildman–Crippen LogP) is 2.49. The first-order valence-corrected chi connectivity index (χ1v) is 5.98. The van der Waals surface area contributed by atoms with Crippen molar-refractivity contribution < 1.29 is 4.39 Å². The second kappa shape index (κ2) is 5.75. The Morgan fingerprint density at radius 2 is 2.24 bits per heavy atom. The third-order valence-electron chi connectivity index (χ3n) is 2.16. The van der Waals surface area contributed by atoms with Crippen LogP contribution in [0.15, 0.2) is 46.7 Å². The molecule has 0 saturated carbocycles. The number of rotatable bonds is 4. The standard InChI is InChI=1S/C12H12FN3S/c1-14-7-9-6-10(13)2-3-11(9)17-12-4-5-15-8-16-12/h2-6,8,14H,7H2,1H3. The van der Waals surface area contributed by atoms with Crippen LogP contribution in [0.1, 0.15) is 5.56 Å². The summed E-state index contributed by atoms with van der Waals surface area (Å²) >= 11 is 1.51. The van der Waals surface area contributed by atoms with Crippen molar-refractivity contribution in [3.05, 3.63) is 48.2 Å². The lowest BCUT2D eigenvalue weighted by atomic mass is 10.2. The molecule has 0 spiro atoms. The maximum absolute atomic E-state index is 13.1. The molecule has 1 N–H and O–H groups in total. The molecule has 1 aromatic carbocycles. The maximum atomic E-state index is 13.1. The van der Waals surface area contributed by atoms with Crippen molar-refractivity contribution >= 4 is 11.8 Å². The molecule has 17 heavy (non-hydrogen) atoms. The van der Waals surface area contributed by atoms with Gasteiger partial charge in [0.25, 0.3) is 0 Å². The van der Waals surface area contributed by atoms with Crippen molar-refractivity contribution in [2.45, 2.75) is 16.5 Å². The van der Waals surface area contributed by atoms with Gasteiger partial charge >= 0.3 is 0 Å². The zero-order valence-corrected chi connectivity index (χ0v) is 10.2. The van der Waals surface area contributed by atoms with Crippen LogP contribution in [0, 0.1) is 5.82 Å². The second-order valence-corrected chi connectivity index (χ2v) is 4.49. The normalized spacial score (nSPS) is 10.5. The molecule has 0 bridgehead atoms. The van der Waals surface area contributed by atoms with Crippen LogP contribution in [-0.2, 0) is 6.54 Å². The minimum absolute atomic E-state index is 0.220. The summed E-state index contributed by atoms with van der Waals surface area (Å²) in [6, 6.07) is 6.61. The van der Waals surface area contributed by atoms with Gasteiger partial charge in [0.15, 0.2) is 0 Å². The average molecular weight is 249 g/mol. The van der Waals surface area contributed by atoms with Gasteiger partial charge in [0.05, 0.1) is 0 Å². The largest absolute Gasteiger partial charge is 0.316 e. The molecule has 2 aromatic rings. The summed E-state index contributed by atoms with van der Waals surface area (Å²) < 4.78 is 13.1. The zero-order chi connectivity index (χ0) is 12.1. The van der Waals surface area contributed by atoms with Gasteiger partial charge in [-0.2, -0.15) is 0 Å². The molecule has 0 amide bonds. The molecule has 5 heteroatoms. The van der Waals surface area contributed by atoms with Crippen LogP contribution in [0.25, 0.3) is 0 Å². The SMILES string of the molecule is CNCc1cc(F)ccc1Sc1ccncn1. The predicted molar refractivity (Wildman–Crippen MR) is 65.3 cm³/mol. The van der Waals surface area contributed by atoms with Gasteiger partial charge in [-0.1, -0.05) is 11.8 Å². The number of nitrogens with zero attached hydrogens (tertiary/aromatic N) is 2. The Balaban J connectivity index is 2.26. The molecule has 88 valence electrons. The summed E-state index contributed by atoms with van der Waals surface area (Å²) in [6.07, 6.45) is 3.19. The minimum Gasteiger partial charge on any atom is -0.316 e. The van der Waals surface area contributed by atoms with Crippen LogP contribution in [0.5, 0.6) is 0 Å². The van der Waals surface area contributed by atoms with Crippen LogP contribution < -0.4 is 5.32 Å². The third-order valence-corrected chi connectivity index (χ3v) is 3.23. The number of hydrogen-bond acceptors (Lipinski definition) is 4. The van der Waals surface area contributed by atoms with Crippen molar-refractivity contribution in [2.75, 3.05) is 7.05 Å². The fraction of sp³-hybridized carbons (Fsp3) is 0.167. The molecule has 0 saturated heterocycles.